The van der Waals surface area contributed by atoms with Gasteiger partial charge in [0, 0.05) is 0 Å². The van der Waals surface area contributed by atoms with Gasteiger partial charge in [0.15, 0.2) is 0 Å². The first-order valence-electron chi connectivity index (χ1n) is 9.03. The van der Waals surface area contributed by atoms with E-state index in [0.717, 1.165) is 22.9 Å². The third-order valence-electron chi connectivity index (χ3n) is 4.08. The molecule has 0 radical (unpaired) electrons. The van der Waals surface area contributed by atoms with Crippen LogP contribution in [0.4, 0.5) is 0 Å². The molecule has 0 aromatic heterocycles. The number of hydrogen-bond acceptors (Lipinski definition) is 2. The SMILES string of the molecule is ON(Cc1ccccc1)C(C#CCC[Se]c1ccccc1)c1ccccc1. The van der Waals surface area contributed by atoms with Crippen molar-refractivity contribution in [2.24, 2.45) is 0 Å². The van der Waals surface area contributed by atoms with Crippen molar-refractivity contribution in [2.75, 3.05) is 0 Å². The summed E-state index contributed by atoms with van der Waals surface area (Å²) in [4.78, 5) is 0. The van der Waals surface area contributed by atoms with E-state index < -0.39 is 0 Å². The first kappa shape index (κ1) is 19.4. The van der Waals surface area contributed by atoms with E-state index in [1.54, 1.807) is 0 Å². The van der Waals surface area contributed by atoms with Gasteiger partial charge in [-0.15, -0.1) is 0 Å². The van der Waals surface area contributed by atoms with Gasteiger partial charge in [0.05, 0.1) is 0 Å². The van der Waals surface area contributed by atoms with Gasteiger partial charge in [0.25, 0.3) is 0 Å². The molecule has 3 aromatic carbocycles. The van der Waals surface area contributed by atoms with Crippen molar-refractivity contribution in [3.63, 3.8) is 0 Å². The van der Waals surface area contributed by atoms with Crippen LogP contribution in [0.2, 0.25) is 5.32 Å². The molecule has 1 atom stereocenters. The Morgan fingerprint density at radius 2 is 1.41 bits per heavy atom. The molecule has 0 bridgehead atoms. The van der Waals surface area contributed by atoms with Gasteiger partial charge in [-0.3, -0.25) is 0 Å². The molecule has 0 aliphatic rings. The van der Waals surface area contributed by atoms with Gasteiger partial charge in [-0.2, -0.15) is 0 Å². The fourth-order valence-corrected chi connectivity index (χ4v) is 4.39. The summed E-state index contributed by atoms with van der Waals surface area (Å²) in [5.41, 5.74) is 2.08. The van der Waals surface area contributed by atoms with Crippen molar-refractivity contribution in [3.05, 3.63) is 102 Å². The summed E-state index contributed by atoms with van der Waals surface area (Å²) in [6.07, 6.45) is 0.845. The van der Waals surface area contributed by atoms with Crippen LogP contribution < -0.4 is 4.46 Å². The molecular weight excluding hydrogens is 397 g/mol. The number of rotatable bonds is 7. The van der Waals surface area contributed by atoms with Crippen LogP contribution in [-0.2, 0) is 6.54 Å². The third kappa shape index (κ3) is 6.40. The Morgan fingerprint density at radius 1 is 0.815 bits per heavy atom. The molecular formula is C24H23NOSe. The van der Waals surface area contributed by atoms with Gasteiger partial charge in [0.2, 0.25) is 0 Å². The van der Waals surface area contributed by atoms with Crippen molar-refractivity contribution in [1.82, 2.24) is 5.06 Å². The fraction of sp³-hybridized carbons (Fsp3) is 0.167. The van der Waals surface area contributed by atoms with Crippen LogP contribution in [0, 0.1) is 11.8 Å². The van der Waals surface area contributed by atoms with E-state index in [2.05, 4.69) is 36.1 Å². The second-order valence-corrected chi connectivity index (χ2v) is 8.58. The average Bonchev–Trinajstić information content (AvgIpc) is 2.73. The molecule has 0 spiro atoms. The van der Waals surface area contributed by atoms with Gasteiger partial charge in [-0.05, 0) is 0 Å². The molecule has 0 fully saturated rings. The quantitative estimate of drug-likeness (QED) is 0.264. The number of benzene rings is 3. The summed E-state index contributed by atoms with van der Waals surface area (Å²) in [7, 11) is 0. The van der Waals surface area contributed by atoms with E-state index in [-0.39, 0.29) is 6.04 Å². The zero-order chi connectivity index (χ0) is 18.7. The Labute approximate surface area is 168 Å². The van der Waals surface area contributed by atoms with E-state index in [9.17, 15) is 5.21 Å². The molecule has 0 heterocycles. The number of nitrogens with zero attached hydrogens (tertiary/aromatic N) is 1. The van der Waals surface area contributed by atoms with Gasteiger partial charge in [-0.25, -0.2) is 0 Å². The molecule has 0 saturated heterocycles. The molecule has 0 aliphatic carbocycles. The zero-order valence-electron chi connectivity index (χ0n) is 15.2. The van der Waals surface area contributed by atoms with Crippen LogP contribution in [0.3, 0.4) is 0 Å². The summed E-state index contributed by atoms with van der Waals surface area (Å²) in [6, 6.07) is 30.2. The Kier molecular flexibility index (Phi) is 7.71. The molecule has 1 N–H and O–H groups in total. The van der Waals surface area contributed by atoms with E-state index in [1.165, 1.54) is 9.53 Å². The molecule has 0 amide bonds. The maximum atomic E-state index is 10.7. The number of hydrogen-bond donors (Lipinski definition) is 1. The summed E-state index contributed by atoms with van der Waals surface area (Å²) in [5.74, 6) is 6.56. The second-order valence-electron chi connectivity index (χ2n) is 6.13. The van der Waals surface area contributed by atoms with Gasteiger partial charge in [0.1, 0.15) is 0 Å². The maximum absolute atomic E-state index is 10.7. The first-order chi connectivity index (χ1) is 13.3. The summed E-state index contributed by atoms with van der Waals surface area (Å²) in [5, 5.41) is 13.1. The van der Waals surface area contributed by atoms with E-state index in [1.807, 2.05) is 66.7 Å². The Morgan fingerprint density at radius 3 is 2.07 bits per heavy atom. The minimum absolute atomic E-state index is 0.323. The Hall–Kier alpha value is -2.34. The zero-order valence-corrected chi connectivity index (χ0v) is 16.9. The molecule has 136 valence electrons. The van der Waals surface area contributed by atoms with Gasteiger partial charge >= 0.3 is 168 Å². The predicted octanol–water partition coefficient (Wildman–Crippen LogP) is 4.46. The van der Waals surface area contributed by atoms with E-state index in [0.29, 0.717) is 21.5 Å². The fourth-order valence-electron chi connectivity index (χ4n) is 2.73. The molecule has 0 aliphatic heterocycles. The number of hydroxylamine groups is 2. The first-order valence-corrected chi connectivity index (χ1v) is 11.1. The van der Waals surface area contributed by atoms with Crippen LogP contribution in [0.15, 0.2) is 91.0 Å². The van der Waals surface area contributed by atoms with E-state index >= 15 is 0 Å². The molecule has 3 rings (SSSR count). The molecule has 27 heavy (non-hydrogen) atoms. The van der Waals surface area contributed by atoms with Crippen LogP contribution in [0.5, 0.6) is 0 Å². The van der Waals surface area contributed by atoms with E-state index in [4.69, 9.17) is 0 Å². The van der Waals surface area contributed by atoms with Crippen molar-refractivity contribution in [2.45, 2.75) is 24.3 Å². The average molecular weight is 420 g/mol. The van der Waals surface area contributed by atoms with Crippen molar-refractivity contribution in [3.8, 4) is 11.8 Å². The molecule has 3 heteroatoms. The van der Waals surface area contributed by atoms with Crippen molar-refractivity contribution in [1.29, 1.82) is 0 Å². The normalized spacial score (nSPS) is 11.6. The molecule has 0 saturated carbocycles. The Bertz CT molecular complexity index is 856. The topological polar surface area (TPSA) is 23.5 Å². The second kappa shape index (κ2) is 10.7. The summed E-state index contributed by atoms with van der Waals surface area (Å²) in [6.45, 7) is 0.447. The van der Waals surface area contributed by atoms with Crippen LogP contribution in [-0.4, -0.2) is 25.2 Å². The Balaban J connectivity index is 1.64. The summed E-state index contributed by atoms with van der Waals surface area (Å²) >= 11 is 0.446. The van der Waals surface area contributed by atoms with Gasteiger partial charge in [-0.1, -0.05) is 0 Å². The summed E-state index contributed by atoms with van der Waals surface area (Å²) < 4.78 is 1.40. The predicted molar refractivity (Wildman–Crippen MR) is 112 cm³/mol. The minimum atomic E-state index is -0.323. The van der Waals surface area contributed by atoms with Crippen LogP contribution in [0.25, 0.3) is 0 Å². The van der Waals surface area contributed by atoms with Crippen molar-refractivity contribution < 1.29 is 5.21 Å². The molecule has 2 nitrogen and oxygen atoms in total. The standard InChI is InChI=1S/C24H23NOSe/c26-25(20-21-12-4-1-5-13-21)24(22-14-6-2-7-15-22)18-10-11-19-27-23-16-8-3-9-17-23/h1-9,12-17,24,26H,11,19-20H2. The van der Waals surface area contributed by atoms with Crippen LogP contribution >= 0.6 is 0 Å². The van der Waals surface area contributed by atoms with Crippen molar-refractivity contribution >= 4 is 19.4 Å². The third-order valence-corrected chi connectivity index (χ3v) is 6.21. The molecule has 3 aromatic rings. The van der Waals surface area contributed by atoms with Crippen LogP contribution in [0.1, 0.15) is 23.6 Å². The van der Waals surface area contributed by atoms with Gasteiger partial charge < -0.3 is 0 Å². The molecule has 1 unspecified atom stereocenters. The monoisotopic (exact) mass is 421 g/mol.